The normalized spacial score (nSPS) is 10.5. The first-order chi connectivity index (χ1) is 10.9. The fourth-order valence-electron chi connectivity index (χ4n) is 2.58. The summed E-state index contributed by atoms with van der Waals surface area (Å²) in [6.45, 7) is 12.2. The van der Waals surface area contributed by atoms with E-state index in [-0.39, 0.29) is 18.4 Å². The number of nitrogens with zero attached hydrogens (tertiary/aromatic N) is 2. The van der Waals surface area contributed by atoms with E-state index in [2.05, 4.69) is 31.0 Å². The predicted octanol–water partition coefficient (Wildman–Crippen LogP) is 2.52. The number of anilines is 1. The number of hydrogen-bond acceptors (Lipinski definition) is 3. The van der Waals surface area contributed by atoms with Gasteiger partial charge in [-0.1, -0.05) is 0 Å². The molecular formula is C18H29N3O2. The molecule has 0 heterocycles. The zero-order valence-corrected chi connectivity index (χ0v) is 14.9. The van der Waals surface area contributed by atoms with E-state index < -0.39 is 0 Å². The van der Waals surface area contributed by atoms with Crippen LogP contribution in [0, 0.1) is 0 Å². The van der Waals surface area contributed by atoms with Crippen LogP contribution in [0.4, 0.5) is 5.69 Å². The smallest absolute Gasteiger partial charge is 0.254 e. The minimum absolute atomic E-state index is 0.0952. The highest BCUT2D eigenvalue weighted by Gasteiger charge is 2.17. The Balaban J connectivity index is 2.85. The predicted molar refractivity (Wildman–Crippen MR) is 94.9 cm³/mol. The molecule has 1 aromatic rings. The Bertz CT molecular complexity index is 512. The van der Waals surface area contributed by atoms with Gasteiger partial charge >= 0.3 is 0 Å². The second-order valence-electron chi connectivity index (χ2n) is 5.70. The highest BCUT2D eigenvalue weighted by atomic mass is 16.2. The van der Waals surface area contributed by atoms with Crippen LogP contribution >= 0.6 is 0 Å². The third kappa shape index (κ3) is 5.27. The van der Waals surface area contributed by atoms with Crippen molar-refractivity contribution in [1.82, 2.24) is 10.2 Å². The Labute approximate surface area is 139 Å². The summed E-state index contributed by atoms with van der Waals surface area (Å²) in [5.41, 5.74) is 1.71. The summed E-state index contributed by atoms with van der Waals surface area (Å²) in [6.07, 6.45) is 0. The minimum Gasteiger partial charge on any atom is -0.369 e. The number of carbonyl (C=O) groups excluding carboxylic acids is 2. The van der Waals surface area contributed by atoms with E-state index in [0.717, 1.165) is 12.2 Å². The highest BCUT2D eigenvalue weighted by Crippen LogP contribution is 2.18. The topological polar surface area (TPSA) is 52.7 Å². The Morgan fingerprint density at radius 1 is 1.04 bits per heavy atom. The van der Waals surface area contributed by atoms with Crippen molar-refractivity contribution < 1.29 is 9.59 Å². The third-order valence-corrected chi connectivity index (χ3v) is 3.79. The van der Waals surface area contributed by atoms with E-state index >= 15 is 0 Å². The summed E-state index contributed by atoms with van der Waals surface area (Å²) in [5, 5.41) is 2.72. The summed E-state index contributed by atoms with van der Waals surface area (Å²) in [4.78, 5) is 28.0. The number of amides is 2. The second kappa shape index (κ2) is 9.18. The molecule has 0 aliphatic carbocycles. The van der Waals surface area contributed by atoms with E-state index in [9.17, 15) is 9.59 Å². The molecule has 23 heavy (non-hydrogen) atoms. The molecule has 1 rings (SSSR count). The standard InChI is InChI=1S/C18H29N3O2/c1-6-19-17(22)13-20(7-2)18(23)15-9-11-16(12-10-15)21(8-3)14(4)5/h9-12,14H,6-8,13H2,1-5H3,(H,19,22). The second-order valence-corrected chi connectivity index (χ2v) is 5.70. The van der Waals surface area contributed by atoms with Gasteiger partial charge in [0.15, 0.2) is 0 Å². The van der Waals surface area contributed by atoms with Gasteiger partial charge in [-0.25, -0.2) is 0 Å². The SMILES string of the molecule is CCNC(=O)CN(CC)C(=O)c1ccc(N(CC)C(C)C)cc1. The molecule has 128 valence electrons. The first-order valence-electron chi connectivity index (χ1n) is 8.37. The molecule has 5 heteroatoms. The molecule has 5 nitrogen and oxygen atoms in total. The van der Waals surface area contributed by atoms with E-state index in [1.54, 1.807) is 4.90 Å². The van der Waals surface area contributed by atoms with Crippen molar-refractivity contribution in [2.24, 2.45) is 0 Å². The number of carbonyl (C=O) groups is 2. The van der Waals surface area contributed by atoms with Crippen LogP contribution in [0.3, 0.4) is 0 Å². The van der Waals surface area contributed by atoms with Crippen LogP contribution in [0.5, 0.6) is 0 Å². The van der Waals surface area contributed by atoms with Gasteiger partial charge in [0.2, 0.25) is 5.91 Å². The van der Waals surface area contributed by atoms with E-state index in [4.69, 9.17) is 0 Å². The quantitative estimate of drug-likeness (QED) is 0.801. The number of benzene rings is 1. The van der Waals surface area contributed by atoms with Gasteiger partial charge in [-0.15, -0.1) is 0 Å². The first kappa shape index (κ1) is 19.0. The molecule has 0 fully saturated rings. The zero-order valence-electron chi connectivity index (χ0n) is 14.9. The van der Waals surface area contributed by atoms with Crippen molar-refractivity contribution >= 4 is 17.5 Å². The first-order valence-corrected chi connectivity index (χ1v) is 8.37. The van der Waals surface area contributed by atoms with Crippen molar-refractivity contribution in [2.75, 3.05) is 31.1 Å². The molecule has 0 radical (unpaired) electrons. The van der Waals surface area contributed by atoms with Gasteiger partial charge in [0.25, 0.3) is 5.91 Å². The molecule has 1 aromatic carbocycles. The summed E-state index contributed by atoms with van der Waals surface area (Å²) in [7, 11) is 0. The Hall–Kier alpha value is -2.04. The van der Waals surface area contributed by atoms with Crippen molar-refractivity contribution in [3.63, 3.8) is 0 Å². The van der Waals surface area contributed by atoms with E-state index in [0.29, 0.717) is 24.7 Å². The molecule has 1 N–H and O–H groups in total. The highest BCUT2D eigenvalue weighted by molar-refractivity contribution is 5.96. The van der Waals surface area contributed by atoms with E-state index in [1.807, 2.05) is 38.1 Å². The van der Waals surface area contributed by atoms with Gasteiger partial charge in [0.1, 0.15) is 0 Å². The molecule has 2 amide bonds. The maximum atomic E-state index is 12.5. The maximum absolute atomic E-state index is 12.5. The van der Waals surface area contributed by atoms with Gasteiger partial charge in [-0.3, -0.25) is 9.59 Å². The van der Waals surface area contributed by atoms with Gasteiger partial charge in [0.05, 0.1) is 6.54 Å². The minimum atomic E-state index is -0.128. The van der Waals surface area contributed by atoms with Gasteiger partial charge in [-0.2, -0.15) is 0 Å². The van der Waals surface area contributed by atoms with Crippen LogP contribution in [0.25, 0.3) is 0 Å². The van der Waals surface area contributed by atoms with Crippen molar-refractivity contribution in [2.45, 2.75) is 40.7 Å². The van der Waals surface area contributed by atoms with Crippen molar-refractivity contribution in [3.8, 4) is 0 Å². The van der Waals surface area contributed by atoms with Crippen LogP contribution in [0.1, 0.15) is 45.0 Å². The fourth-order valence-corrected chi connectivity index (χ4v) is 2.58. The number of rotatable bonds is 8. The third-order valence-electron chi connectivity index (χ3n) is 3.79. The lowest BCUT2D eigenvalue weighted by molar-refractivity contribution is -0.121. The van der Waals surface area contributed by atoms with Crippen LogP contribution in [-0.2, 0) is 4.79 Å². The maximum Gasteiger partial charge on any atom is 0.254 e. The molecule has 0 aliphatic rings. The fraction of sp³-hybridized carbons (Fsp3) is 0.556. The molecule has 0 saturated carbocycles. The molecule has 0 bridgehead atoms. The summed E-state index contributed by atoms with van der Waals surface area (Å²) in [5.74, 6) is -0.241. The Kier molecular flexibility index (Phi) is 7.59. The Morgan fingerprint density at radius 2 is 1.65 bits per heavy atom. The Morgan fingerprint density at radius 3 is 2.09 bits per heavy atom. The molecule has 0 saturated heterocycles. The van der Waals surface area contributed by atoms with Crippen LogP contribution in [-0.4, -0.2) is 48.9 Å². The summed E-state index contributed by atoms with van der Waals surface area (Å²) in [6, 6.07) is 8.02. The lowest BCUT2D eigenvalue weighted by Gasteiger charge is -2.28. The monoisotopic (exact) mass is 319 g/mol. The summed E-state index contributed by atoms with van der Waals surface area (Å²) < 4.78 is 0. The van der Waals surface area contributed by atoms with Crippen molar-refractivity contribution in [3.05, 3.63) is 29.8 Å². The molecule has 0 aliphatic heterocycles. The van der Waals surface area contributed by atoms with Gasteiger partial charge < -0.3 is 15.1 Å². The summed E-state index contributed by atoms with van der Waals surface area (Å²) >= 11 is 0. The lowest BCUT2D eigenvalue weighted by Crippen LogP contribution is -2.40. The number of hydrogen-bond donors (Lipinski definition) is 1. The number of nitrogens with one attached hydrogen (secondary N) is 1. The zero-order chi connectivity index (χ0) is 17.4. The lowest BCUT2D eigenvalue weighted by atomic mass is 10.1. The van der Waals surface area contributed by atoms with Crippen LogP contribution in [0.15, 0.2) is 24.3 Å². The average Bonchev–Trinajstić information content (AvgIpc) is 2.53. The molecule has 0 unspecified atom stereocenters. The van der Waals surface area contributed by atoms with Gasteiger partial charge in [-0.05, 0) is 58.9 Å². The largest absolute Gasteiger partial charge is 0.369 e. The van der Waals surface area contributed by atoms with Gasteiger partial charge in [0, 0.05) is 36.9 Å². The molecular weight excluding hydrogens is 290 g/mol. The molecule has 0 aromatic heterocycles. The number of likely N-dealkylation sites (N-methyl/N-ethyl adjacent to an activating group) is 2. The van der Waals surface area contributed by atoms with Crippen LogP contribution < -0.4 is 10.2 Å². The average molecular weight is 319 g/mol. The molecule has 0 atom stereocenters. The molecule has 0 spiro atoms. The van der Waals surface area contributed by atoms with E-state index in [1.165, 1.54) is 0 Å². The van der Waals surface area contributed by atoms with Crippen LogP contribution in [0.2, 0.25) is 0 Å². The van der Waals surface area contributed by atoms with Crippen molar-refractivity contribution in [1.29, 1.82) is 0 Å².